The summed E-state index contributed by atoms with van der Waals surface area (Å²) in [4.78, 5) is 0. The molecule has 0 aromatic carbocycles. The molecule has 0 aliphatic carbocycles. The van der Waals surface area contributed by atoms with Crippen LogP contribution in [0.15, 0.2) is 0 Å². The summed E-state index contributed by atoms with van der Waals surface area (Å²) in [6.45, 7) is 5.28. The van der Waals surface area contributed by atoms with Crippen molar-refractivity contribution in [2.75, 3.05) is 26.2 Å². The van der Waals surface area contributed by atoms with E-state index in [9.17, 15) is 0 Å². The molecule has 14 heteroatoms. The fraction of sp³-hybridized carbons (Fsp3) is 1.00. The minimum absolute atomic E-state index is 0. The summed E-state index contributed by atoms with van der Waals surface area (Å²) in [5, 5.41) is 4.72. The van der Waals surface area contributed by atoms with Gasteiger partial charge in [-0.2, -0.15) is 0 Å². The van der Waals surface area contributed by atoms with Gasteiger partial charge in [0.1, 0.15) is 26.2 Å². The third-order valence-corrected chi connectivity index (χ3v) is 1.15. The Balaban J connectivity index is -0.0000000781. The highest BCUT2D eigenvalue weighted by atomic mass is 35.7. The molecule has 0 aromatic rings. The van der Waals surface area contributed by atoms with Crippen LogP contribution in [0.5, 0.6) is 0 Å². The van der Waals surface area contributed by atoms with Gasteiger partial charge in [-0.3, -0.25) is 0 Å². The Morgan fingerprint density at radius 2 is 0.611 bits per heavy atom. The lowest BCUT2D eigenvalue weighted by Gasteiger charge is -2.17. The highest BCUT2D eigenvalue weighted by molar-refractivity contribution is 4.23. The zero-order valence-electron chi connectivity index (χ0n) is 9.01. The molecule has 18 heavy (non-hydrogen) atoms. The van der Waals surface area contributed by atoms with E-state index in [-0.39, 0.29) is 11.0 Å². The number of halogens is 2. The SMILES string of the molecule is C1C[NH2+]CC[NH2+]1.O.O.[O-][Cl+3]([O-])([O-])[O-].[O-][Cl+3]([O-])([O-])[O-]. The molecule has 1 aliphatic rings. The van der Waals surface area contributed by atoms with Crippen molar-refractivity contribution in [1.82, 2.24) is 0 Å². The normalized spacial score (nSPS) is 14.7. The molecule has 116 valence electrons. The predicted molar refractivity (Wildman–Crippen MR) is 30.5 cm³/mol. The van der Waals surface area contributed by atoms with Crippen LogP contribution < -0.4 is 47.9 Å². The van der Waals surface area contributed by atoms with Gasteiger partial charge in [-0.1, -0.05) is 0 Å². The largest absolute Gasteiger partial charge is 0.412 e. The standard InChI is InChI=1S/C4H10N2.2ClHO4.2H2O/c1-2-6-4-3-5-1;2*2-1(3,4)5;;/h5-6H,1-4H2;2*(H,2,3,4,5);2*1H2. The van der Waals surface area contributed by atoms with E-state index < -0.39 is 20.5 Å². The van der Waals surface area contributed by atoms with Crippen molar-refractivity contribution in [1.29, 1.82) is 0 Å². The summed E-state index contributed by atoms with van der Waals surface area (Å²) in [5.74, 6) is 0. The van der Waals surface area contributed by atoms with Gasteiger partial charge in [0.05, 0.1) is 0 Å². The van der Waals surface area contributed by atoms with Crippen molar-refractivity contribution in [3.63, 3.8) is 0 Å². The van der Waals surface area contributed by atoms with Gasteiger partial charge < -0.3 is 21.6 Å². The number of nitrogens with two attached hydrogens (primary N) is 2. The van der Waals surface area contributed by atoms with Crippen molar-refractivity contribution < 1.29 is 79.3 Å². The Morgan fingerprint density at radius 1 is 0.500 bits per heavy atom. The maximum Gasteiger partial charge on any atom is 0.125 e. The zero-order chi connectivity index (χ0) is 13.2. The second-order valence-corrected chi connectivity index (χ2v) is 4.00. The molecule has 1 heterocycles. The second-order valence-electron chi connectivity index (χ2n) is 2.49. The molecule has 0 unspecified atom stereocenters. The van der Waals surface area contributed by atoms with E-state index in [0.29, 0.717) is 0 Å². The second kappa shape index (κ2) is 13.5. The molecular weight excluding hydrogens is 307 g/mol. The van der Waals surface area contributed by atoms with Crippen LogP contribution in [-0.2, 0) is 0 Å². The van der Waals surface area contributed by atoms with Crippen LogP contribution in [0.3, 0.4) is 0 Å². The molecule has 0 amide bonds. The van der Waals surface area contributed by atoms with Crippen molar-refractivity contribution in [3.8, 4) is 0 Å². The van der Waals surface area contributed by atoms with Crippen LogP contribution >= 0.6 is 0 Å². The highest BCUT2D eigenvalue weighted by Crippen LogP contribution is 1.50. The number of hydrogen-bond donors (Lipinski definition) is 2. The third kappa shape index (κ3) is 98.7. The summed E-state index contributed by atoms with van der Waals surface area (Å²) >= 11 is 0. The molecule has 0 radical (unpaired) electrons. The van der Waals surface area contributed by atoms with E-state index in [2.05, 4.69) is 10.6 Å². The number of piperazine rings is 1. The Labute approximate surface area is 106 Å². The summed E-state index contributed by atoms with van der Waals surface area (Å²) in [7, 11) is -9.89. The molecule has 12 nitrogen and oxygen atoms in total. The Morgan fingerprint density at radius 3 is 0.667 bits per heavy atom. The monoisotopic (exact) mass is 322 g/mol. The Hall–Kier alpha value is 0.1000. The van der Waals surface area contributed by atoms with Gasteiger partial charge in [0.15, 0.2) is 0 Å². The number of hydrogen-bond acceptors (Lipinski definition) is 8. The molecule has 1 fully saturated rings. The molecular formula is C4H16Cl2N2O10. The van der Waals surface area contributed by atoms with Crippen molar-refractivity contribution in [2.24, 2.45) is 0 Å². The predicted octanol–water partition coefficient (Wildman–Crippen LogP) is -14.0. The maximum atomic E-state index is 8.49. The van der Waals surface area contributed by atoms with Crippen LogP contribution in [0.1, 0.15) is 0 Å². The lowest BCUT2D eigenvalue weighted by molar-refractivity contribution is -2.00. The molecule has 8 N–H and O–H groups in total. The van der Waals surface area contributed by atoms with E-state index in [1.165, 1.54) is 26.2 Å². The van der Waals surface area contributed by atoms with Gasteiger partial charge in [-0.15, -0.1) is 20.5 Å². The lowest BCUT2D eigenvalue weighted by atomic mass is 10.4. The minimum Gasteiger partial charge on any atom is -0.412 e. The van der Waals surface area contributed by atoms with Crippen LogP contribution in [0.2, 0.25) is 0 Å². The first kappa shape index (κ1) is 26.6. The number of quaternary nitrogens is 2. The van der Waals surface area contributed by atoms with E-state index in [0.717, 1.165) is 0 Å². The minimum atomic E-state index is -4.94. The van der Waals surface area contributed by atoms with Gasteiger partial charge in [-0.05, 0) is 0 Å². The highest BCUT2D eigenvalue weighted by Gasteiger charge is 1.99. The zero-order valence-corrected chi connectivity index (χ0v) is 10.5. The molecule has 0 aromatic heterocycles. The maximum absolute atomic E-state index is 8.49. The van der Waals surface area contributed by atoms with Crippen LogP contribution in [0, 0.1) is 20.5 Å². The first-order valence-electron chi connectivity index (χ1n) is 3.87. The molecule has 0 saturated carbocycles. The molecule has 0 bridgehead atoms. The Bertz CT molecular complexity index is 121. The van der Waals surface area contributed by atoms with E-state index >= 15 is 0 Å². The van der Waals surface area contributed by atoms with E-state index in [1.54, 1.807) is 0 Å². The fourth-order valence-corrected chi connectivity index (χ4v) is 0.760. The van der Waals surface area contributed by atoms with Crippen molar-refractivity contribution in [2.45, 2.75) is 0 Å². The van der Waals surface area contributed by atoms with Gasteiger partial charge in [-0.25, -0.2) is 37.3 Å². The first-order valence-corrected chi connectivity index (χ1v) is 6.34. The first-order chi connectivity index (χ1) is 7.00. The summed E-state index contributed by atoms with van der Waals surface area (Å²) in [6, 6.07) is 0. The number of rotatable bonds is 0. The van der Waals surface area contributed by atoms with Gasteiger partial charge in [0.25, 0.3) is 0 Å². The molecule has 1 rings (SSSR count). The molecule has 1 saturated heterocycles. The van der Waals surface area contributed by atoms with Crippen LogP contribution in [0.25, 0.3) is 0 Å². The third-order valence-electron chi connectivity index (χ3n) is 1.15. The summed E-state index contributed by atoms with van der Waals surface area (Å²) < 4.78 is 67.9. The fourth-order valence-electron chi connectivity index (χ4n) is 0.760. The molecule has 1 aliphatic heterocycles. The summed E-state index contributed by atoms with van der Waals surface area (Å²) in [5.41, 5.74) is 0. The smallest absolute Gasteiger partial charge is 0.125 e. The van der Waals surface area contributed by atoms with Crippen molar-refractivity contribution in [3.05, 3.63) is 0 Å². The topological polar surface area (TPSA) is 281 Å². The average molecular weight is 323 g/mol. The summed E-state index contributed by atoms with van der Waals surface area (Å²) in [6.07, 6.45) is 0. The van der Waals surface area contributed by atoms with Crippen LogP contribution in [0.4, 0.5) is 0 Å². The Kier molecular flexibility index (Phi) is 20.0. The van der Waals surface area contributed by atoms with Gasteiger partial charge in [0, 0.05) is 0 Å². The molecule has 0 atom stereocenters. The van der Waals surface area contributed by atoms with Crippen LogP contribution in [-0.4, -0.2) is 37.1 Å². The quantitative estimate of drug-likeness (QED) is 0.430. The van der Waals surface area contributed by atoms with Gasteiger partial charge in [0.2, 0.25) is 0 Å². The lowest BCUT2D eigenvalue weighted by Crippen LogP contribution is -3.04. The van der Waals surface area contributed by atoms with Crippen molar-refractivity contribution >= 4 is 0 Å². The van der Waals surface area contributed by atoms with E-state index in [4.69, 9.17) is 37.3 Å². The molecule has 0 spiro atoms. The average Bonchev–Trinajstić information content (AvgIpc) is 2.01. The van der Waals surface area contributed by atoms with Gasteiger partial charge >= 0.3 is 0 Å². The van der Waals surface area contributed by atoms with E-state index in [1.807, 2.05) is 0 Å².